The summed E-state index contributed by atoms with van der Waals surface area (Å²) in [6.07, 6.45) is 2.52. The van der Waals surface area contributed by atoms with E-state index in [0.29, 0.717) is 18.1 Å². The monoisotopic (exact) mass is 338 g/mol. The van der Waals surface area contributed by atoms with Crippen LogP contribution in [-0.2, 0) is 0 Å². The number of hydrogen-bond donors (Lipinski definition) is 1. The number of hydrogen-bond acceptors (Lipinski definition) is 3. The number of rotatable bonds is 6. The molecule has 2 aromatic carbocycles. The first-order valence-corrected chi connectivity index (χ1v) is 9.01. The standard InChI is InChI=1S/C21H26N2O2/c1-16(2)15-25-20-7-5-6-17(14-20)21(24)22-18-8-10-19(11-9-18)23-12-3-4-13-23/h5-11,14,16H,3-4,12-13,15H2,1-2H3,(H,22,24). The van der Waals surface area contributed by atoms with E-state index in [2.05, 4.69) is 36.2 Å². The first-order valence-electron chi connectivity index (χ1n) is 9.01. The quantitative estimate of drug-likeness (QED) is 0.838. The maximum Gasteiger partial charge on any atom is 0.255 e. The van der Waals surface area contributed by atoms with Gasteiger partial charge >= 0.3 is 0 Å². The molecule has 4 nitrogen and oxygen atoms in total. The van der Waals surface area contributed by atoms with Crippen LogP contribution in [0, 0.1) is 5.92 Å². The van der Waals surface area contributed by atoms with Crippen molar-refractivity contribution in [2.45, 2.75) is 26.7 Å². The molecule has 0 radical (unpaired) electrons. The molecule has 1 heterocycles. The number of benzene rings is 2. The van der Waals surface area contributed by atoms with E-state index in [0.717, 1.165) is 24.5 Å². The van der Waals surface area contributed by atoms with Crippen LogP contribution in [0.3, 0.4) is 0 Å². The highest BCUT2D eigenvalue weighted by atomic mass is 16.5. The molecular weight excluding hydrogens is 312 g/mol. The van der Waals surface area contributed by atoms with Gasteiger partial charge in [-0.15, -0.1) is 0 Å². The highest BCUT2D eigenvalue weighted by molar-refractivity contribution is 6.04. The molecule has 0 unspecified atom stereocenters. The lowest BCUT2D eigenvalue weighted by molar-refractivity contribution is 0.102. The van der Waals surface area contributed by atoms with Crippen LogP contribution >= 0.6 is 0 Å². The van der Waals surface area contributed by atoms with Crippen LogP contribution in [0.2, 0.25) is 0 Å². The first kappa shape index (κ1) is 17.3. The molecule has 1 aliphatic heterocycles. The van der Waals surface area contributed by atoms with Crippen LogP contribution in [0.15, 0.2) is 48.5 Å². The zero-order valence-corrected chi connectivity index (χ0v) is 15.0. The Hall–Kier alpha value is -2.49. The number of nitrogens with zero attached hydrogens (tertiary/aromatic N) is 1. The third-order valence-electron chi connectivity index (χ3n) is 4.28. The third-order valence-corrected chi connectivity index (χ3v) is 4.28. The van der Waals surface area contributed by atoms with Crippen LogP contribution < -0.4 is 15.0 Å². The fourth-order valence-electron chi connectivity index (χ4n) is 2.92. The minimum Gasteiger partial charge on any atom is -0.493 e. The van der Waals surface area contributed by atoms with E-state index in [1.54, 1.807) is 12.1 Å². The maximum absolute atomic E-state index is 12.5. The van der Waals surface area contributed by atoms with Crippen LogP contribution in [-0.4, -0.2) is 25.6 Å². The van der Waals surface area contributed by atoms with Crippen molar-refractivity contribution in [3.05, 3.63) is 54.1 Å². The van der Waals surface area contributed by atoms with Crippen molar-refractivity contribution in [1.29, 1.82) is 0 Å². The lowest BCUT2D eigenvalue weighted by atomic mass is 10.2. The predicted molar refractivity (Wildman–Crippen MR) is 103 cm³/mol. The van der Waals surface area contributed by atoms with E-state index >= 15 is 0 Å². The van der Waals surface area contributed by atoms with Crippen molar-refractivity contribution < 1.29 is 9.53 Å². The van der Waals surface area contributed by atoms with E-state index in [1.807, 2.05) is 24.3 Å². The SMILES string of the molecule is CC(C)COc1cccc(C(=O)Nc2ccc(N3CCCC3)cc2)c1. The molecule has 1 amide bonds. The minimum absolute atomic E-state index is 0.121. The summed E-state index contributed by atoms with van der Waals surface area (Å²) in [5, 5.41) is 2.96. The Balaban J connectivity index is 1.62. The smallest absolute Gasteiger partial charge is 0.255 e. The topological polar surface area (TPSA) is 41.6 Å². The number of carbonyl (C=O) groups is 1. The molecule has 0 aromatic heterocycles. The van der Waals surface area contributed by atoms with Gasteiger partial charge in [-0.2, -0.15) is 0 Å². The molecule has 1 aliphatic rings. The van der Waals surface area contributed by atoms with Crippen molar-refractivity contribution in [2.24, 2.45) is 5.92 Å². The van der Waals surface area contributed by atoms with Gasteiger partial charge in [-0.25, -0.2) is 0 Å². The van der Waals surface area contributed by atoms with Gasteiger partial charge in [0.25, 0.3) is 5.91 Å². The predicted octanol–water partition coefficient (Wildman–Crippen LogP) is 4.57. The first-order chi connectivity index (χ1) is 12.1. The Bertz CT molecular complexity index is 704. The molecule has 1 saturated heterocycles. The molecule has 0 saturated carbocycles. The average Bonchev–Trinajstić information content (AvgIpc) is 3.15. The molecule has 0 spiro atoms. The summed E-state index contributed by atoms with van der Waals surface area (Å²) in [5.41, 5.74) is 2.63. The maximum atomic E-state index is 12.5. The van der Waals surface area contributed by atoms with Crippen molar-refractivity contribution in [1.82, 2.24) is 0 Å². The molecule has 4 heteroatoms. The molecule has 1 N–H and O–H groups in total. The summed E-state index contributed by atoms with van der Waals surface area (Å²) in [6, 6.07) is 15.4. The van der Waals surface area contributed by atoms with Crippen LogP contribution in [0.4, 0.5) is 11.4 Å². The zero-order chi connectivity index (χ0) is 17.6. The van der Waals surface area contributed by atoms with Crippen LogP contribution in [0.1, 0.15) is 37.0 Å². The van der Waals surface area contributed by atoms with Crippen molar-refractivity contribution >= 4 is 17.3 Å². The van der Waals surface area contributed by atoms with Crippen LogP contribution in [0.5, 0.6) is 5.75 Å². The highest BCUT2D eigenvalue weighted by Crippen LogP contribution is 2.22. The van der Waals surface area contributed by atoms with Gasteiger partial charge in [-0.3, -0.25) is 4.79 Å². The summed E-state index contributed by atoms with van der Waals surface area (Å²) in [5.74, 6) is 1.06. The summed E-state index contributed by atoms with van der Waals surface area (Å²) < 4.78 is 5.70. The Morgan fingerprint density at radius 1 is 1.12 bits per heavy atom. The Labute approximate surface area is 149 Å². The average molecular weight is 338 g/mol. The van der Waals surface area contributed by atoms with Gasteiger partial charge in [0.2, 0.25) is 0 Å². The summed E-state index contributed by atoms with van der Waals surface area (Å²) >= 11 is 0. The largest absolute Gasteiger partial charge is 0.493 e. The molecular formula is C21H26N2O2. The van der Waals surface area contributed by atoms with Gasteiger partial charge in [-0.1, -0.05) is 19.9 Å². The van der Waals surface area contributed by atoms with Gasteiger partial charge in [-0.05, 0) is 61.2 Å². The number of carbonyl (C=O) groups excluding carboxylic acids is 1. The number of amides is 1. The molecule has 25 heavy (non-hydrogen) atoms. The number of anilines is 2. The van der Waals surface area contributed by atoms with Gasteiger partial charge in [0, 0.05) is 30.0 Å². The Kier molecular flexibility index (Phi) is 5.59. The van der Waals surface area contributed by atoms with Gasteiger partial charge < -0.3 is 15.0 Å². The fraction of sp³-hybridized carbons (Fsp3) is 0.381. The Morgan fingerprint density at radius 3 is 2.52 bits per heavy atom. The van der Waals surface area contributed by atoms with Gasteiger partial charge in [0.1, 0.15) is 5.75 Å². The Morgan fingerprint density at radius 2 is 1.84 bits per heavy atom. The lowest BCUT2D eigenvalue weighted by Crippen LogP contribution is -2.17. The van der Waals surface area contributed by atoms with Crippen LogP contribution in [0.25, 0.3) is 0 Å². The van der Waals surface area contributed by atoms with E-state index in [4.69, 9.17) is 4.74 Å². The molecule has 0 aliphatic carbocycles. The van der Waals surface area contributed by atoms with E-state index < -0.39 is 0 Å². The summed E-state index contributed by atoms with van der Waals surface area (Å²) in [6.45, 7) is 7.08. The molecule has 3 rings (SSSR count). The second-order valence-corrected chi connectivity index (χ2v) is 6.93. The van der Waals surface area contributed by atoms with E-state index in [9.17, 15) is 4.79 Å². The molecule has 0 bridgehead atoms. The normalized spacial score (nSPS) is 14.0. The molecule has 132 valence electrons. The molecule has 2 aromatic rings. The summed E-state index contributed by atoms with van der Waals surface area (Å²) in [4.78, 5) is 14.8. The zero-order valence-electron chi connectivity index (χ0n) is 15.0. The van der Waals surface area contributed by atoms with E-state index in [-0.39, 0.29) is 5.91 Å². The molecule has 0 atom stereocenters. The third kappa shape index (κ3) is 4.75. The second-order valence-electron chi connectivity index (χ2n) is 6.93. The van der Waals surface area contributed by atoms with Gasteiger partial charge in [0.15, 0.2) is 0 Å². The second kappa shape index (κ2) is 8.06. The van der Waals surface area contributed by atoms with Gasteiger partial charge in [0.05, 0.1) is 6.61 Å². The number of nitrogens with one attached hydrogen (secondary N) is 1. The minimum atomic E-state index is -0.121. The number of ether oxygens (including phenoxy) is 1. The van der Waals surface area contributed by atoms with Crippen molar-refractivity contribution in [2.75, 3.05) is 29.9 Å². The van der Waals surface area contributed by atoms with Crippen molar-refractivity contribution in [3.8, 4) is 5.75 Å². The molecule has 1 fully saturated rings. The fourth-order valence-corrected chi connectivity index (χ4v) is 2.92. The van der Waals surface area contributed by atoms with Crippen molar-refractivity contribution in [3.63, 3.8) is 0 Å². The summed E-state index contributed by atoms with van der Waals surface area (Å²) in [7, 11) is 0. The highest BCUT2D eigenvalue weighted by Gasteiger charge is 2.12. The van der Waals surface area contributed by atoms with E-state index in [1.165, 1.54) is 18.5 Å². The lowest BCUT2D eigenvalue weighted by Gasteiger charge is -2.17.